The van der Waals surface area contributed by atoms with Crippen LogP contribution in [0.1, 0.15) is 20.8 Å². The van der Waals surface area contributed by atoms with E-state index in [4.69, 9.17) is 0 Å². The Balaban J connectivity index is 2.50. The van der Waals surface area contributed by atoms with Crippen molar-refractivity contribution in [1.82, 2.24) is 10.0 Å². The number of nitrogens with one attached hydrogen (secondary N) is 2. The summed E-state index contributed by atoms with van der Waals surface area (Å²) in [5, 5.41) is 3.21. The van der Waals surface area contributed by atoms with Crippen LogP contribution in [0.25, 0.3) is 0 Å². The lowest BCUT2D eigenvalue weighted by Crippen LogP contribution is -2.36. The monoisotopic (exact) mass is 220 g/mol. The average molecular weight is 220 g/mol. The van der Waals surface area contributed by atoms with Gasteiger partial charge in [-0.05, 0) is 38.8 Å². The van der Waals surface area contributed by atoms with Gasteiger partial charge in [0.25, 0.3) is 0 Å². The zero-order valence-corrected chi connectivity index (χ0v) is 9.89. The molecule has 0 unspecified atom stereocenters. The van der Waals surface area contributed by atoms with Gasteiger partial charge in [-0.2, -0.15) is 0 Å². The van der Waals surface area contributed by atoms with E-state index in [0.29, 0.717) is 5.92 Å². The lowest BCUT2D eigenvalue weighted by molar-refractivity contribution is 0.479. The van der Waals surface area contributed by atoms with Crippen LogP contribution in [0.2, 0.25) is 0 Å². The number of rotatable bonds is 4. The summed E-state index contributed by atoms with van der Waals surface area (Å²) in [6.45, 7) is 7.53. The van der Waals surface area contributed by atoms with E-state index in [2.05, 4.69) is 17.0 Å². The van der Waals surface area contributed by atoms with Crippen molar-refractivity contribution in [3.63, 3.8) is 0 Å². The van der Waals surface area contributed by atoms with Gasteiger partial charge in [0.15, 0.2) is 0 Å². The van der Waals surface area contributed by atoms with E-state index in [0.717, 1.165) is 13.1 Å². The molecule has 0 spiro atoms. The lowest BCUT2D eigenvalue weighted by Gasteiger charge is -2.16. The molecule has 2 atom stereocenters. The Morgan fingerprint density at radius 1 is 1.43 bits per heavy atom. The van der Waals surface area contributed by atoms with Crippen LogP contribution in [-0.4, -0.2) is 33.3 Å². The molecule has 0 radical (unpaired) electrons. The molecule has 14 heavy (non-hydrogen) atoms. The lowest BCUT2D eigenvalue weighted by atomic mass is 10.0. The van der Waals surface area contributed by atoms with E-state index < -0.39 is 10.0 Å². The van der Waals surface area contributed by atoms with E-state index >= 15 is 0 Å². The molecule has 1 aliphatic heterocycles. The van der Waals surface area contributed by atoms with Crippen LogP contribution in [0.4, 0.5) is 0 Å². The first kappa shape index (κ1) is 11.9. The third kappa shape index (κ3) is 3.55. The van der Waals surface area contributed by atoms with Crippen molar-refractivity contribution in [3.8, 4) is 0 Å². The van der Waals surface area contributed by atoms with Crippen molar-refractivity contribution < 1.29 is 8.42 Å². The first-order valence-corrected chi connectivity index (χ1v) is 6.76. The summed E-state index contributed by atoms with van der Waals surface area (Å²) in [5.41, 5.74) is 0. The zero-order chi connectivity index (χ0) is 10.8. The Morgan fingerprint density at radius 2 is 2.07 bits per heavy atom. The Labute approximate surface area is 86.5 Å². The number of sulfonamides is 1. The molecule has 1 heterocycles. The summed E-state index contributed by atoms with van der Waals surface area (Å²) in [7, 11) is -3.09. The van der Waals surface area contributed by atoms with Gasteiger partial charge < -0.3 is 5.32 Å². The standard InChI is InChI=1S/C9H20N2O2S/c1-7(2)11-14(12,13)6-9-5-10-4-8(9)3/h7-11H,4-6H2,1-3H3/t8-,9+/m1/s1. The minimum atomic E-state index is -3.09. The van der Waals surface area contributed by atoms with Gasteiger partial charge in [0.05, 0.1) is 5.75 Å². The molecule has 0 bridgehead atoms. The van der Waals surface area contributed by atoms with E-state index in [1.807, 2.05) is 13.8 Å². The minimum absolute atomic E-state index is 0.00957. The van der Waals surface area contributed by atoms with Crippen LogP contribution in [0.5, 0.6) is 0 Å². The Hall–Kier alpha value is -0.130. The Bertz CT molecular complexity index is 275. The molecule has 5 heteroatoms. The van der Waals surface area contributed by atoms with Gasteiger partial charge in [0, 0.05) is 6.04 Å². The van der Waals surface area contributed by atoms with Gasteiger partial charge in [-0.25, -0.2) is 13.1 Å². The summed E-state index contributed by atoms with van der Waals surface area (Å²) in [6.07, 6.45) is 0. The van der Waals surface area contributed by atoms with Crippen molar-refractivity contribution in [2.24, 2.45) is 11.8 Å². The predicted octanol–water partition coefficient (Wildman–Crippen LogP) is 0.170. The Kier molecular flexibility index (Phi) is 3.92. The van der Waals surface area contributed by atoms with Crippen molar-refractivity contribution in [2.75, 3.05) is 18.8 Å². The van der Waals surface area contributed by atoms with Crippen molar-refractivity contribution >= 4 is 10.0 Å². The van der Waals surface area contributed by atoms with Crippen LogP contribution >= 0.6 is 0 Å². The molecule has 0 aromatic heterocycles. The Morgan fingerprint density at radius 3 is 2.50 bits per heavy atom. The summed E-state index contributed by atoms with van der Waals surface area (Å²) >= 11 is 0. The maximum Gasteiger partial charge on any atom is 0.212 e. The first-order chi connectivity index (χ1) is 6.41. The van der Waals surface area contributed by atoms with Crippen LogP contribution in [0.15, 0.2) is 0 Å². The molecular formula is C9H20N2O2S. The molecule has 0 aliphatic carbocycles. The fraction of sp³-hybridized carbons (Fsp3) is 1.00. The van der Waals surface area contributed by atoms with Gasteiger partial charge in [0.2, 0.25) is 10.0 Å². The normalized spacial score (nSPS) is 28.6. The second-order valence-electron chi connectivity index (χ2n) is 4.45. The smallest absolute Gasteiger partial charge is 0.212 e. The third-order valence-corrected chi connectivity index (χ3v) is 4.22. The molecule has 84 valence electrons. The topological polar surface area (TPSA) is 58.2 Å². The van der Waals surface area contributed by atoms with Gasteiger partial charge >= 0.3 is 0 Å². The molecule has 4 nitrogen and oxygen atoms in total. The minimum Gasteiger partial charge on any atom is -0.316 e. The molecule has 0 saturated carbocycles. The number of hydrogen-bond acceptors (Lipinski definition) is 3. The highest BCUT2D eigenvalue weighted by molar-refractivity contribution is 7.89. The predicted molar refractivity (Wildman–Crippen MR) is 57.6 cm³/mol. The summed E-state index contributed by atoms with van der Waals surface area (Å²) in [6, 6.07) is -0.00957. The largest absolute Gasteiger partial charge is 0.316 e. The van der Waals surface area contributed by atoms with Crippen LogP contribution in [0.3, 0.4) is 0 Å². The average Bonchev–Trinajstić information content (AvgIpc) is 2.32. The highest BCUT2D eigenvalue weighted by atomic mass is 32.2. The summed E-state index contributed by atoms with van der Waals surface area (Å²) in [5.74, 6) is 0.962. The molecule has 2 N–H and O–H groups in total. The maximum atomic E-state index is 11.6. The quantitative estimate of drug-likeness (QED) is 0.710. The van der Waals surface area contributed by atoms with Crippen molar-refractivity contribution in [1.29, 1.82) is 0 Å². The fourth-order valence-electron chi connectivity index (χ4n) is 1.78. The van der Waals surface area contributed by atoms with Crippen LogP contribution < -0.4 is 10.0 Å². The van der Waals surface area contributed by atoms with Gasteiger partial charge in [-0.1, -0.05) is 6.92 Å². The van der Waals surface area contributed by atoms with Gasteiger partial charge in [-0.3, -0.25) is 0 Å². The van der Waals surface area contributed by atoms with Crippen molar-refractivity contribution in [3.05, 3.63) is 0 Å². The van der Waals surface area contributed by atoms with Gasteiger partial charge in [0.1, 0.15) is 0 Å². The molecule has 1 rings (SSSR count). The van der Waals surface area contributed by atoms with Crippen molar-refractivity contribution in [2.45, 2.75) is 26.8 Å². The zero-order valence-electron chi connectivity index (χ0n) is 9.08. The van der Waals surface area contributed by atoms with E-state index in [1.165, 1.54) is 0 Å². The summed E-state index contributed by atoms with van der Waals surface area (Å²) in [4.78, 5) is 0. The van der Waals surface area contributed by atoms with Crippen LogP contribution in [-0.2, 0) is 10.0 Å². The van der Waals surface area contributed by atoms with E-state index in [-0.39, 0.29) is 17.7 Å². The van der Waals surface area contributed by atoms with E-state index in [1.54, 1.807) is 0 Å². The van der Waals surface area contributed by atoms with E-state index in [9.17, 15) is 8.42 Å². The fourth-order valence-corrected chi connectivity index (χ4v) is 3.60. The highest BCUT2D eigenvalue weighted by Gasteiger charge is 2.28. The molecule has 1 fully saturated rings. The molecule has 1 saturated heterocycles. The SMILES string of the molecule is CC(C)NS(=O)(=O)C[C@@H]1CNC[C@H]1C. The summed E-state index contributed by atoms with van der Waals surface area (Å²) < 4.78 is 25.8. The second-order valence-corrected chi connectivity index (χ2v) is 6.25. The molecule has 1 aliphatic rings. The molecule has 0 aromatic carbocycles. The second kappa shape index (κ2) is 4.59. The third-order valence-electron chi connectivity index (χ3n) is 2.53. The number of hydrogen-bond donors (Lipinski definition) is 2. The first-order valence-electron chi connectivity index (χ1n) is 5.11. The van der Waals surface area contributed by atoms with Crippen LogP contribution in [0, 0.1) is 11.8 Å². The molecule has 0 aromatic rings. The molecular weight excluding hydrogens is 200 g/mol. The molecule has 0 amide bonds. The van der Waals surface area contributed by atoms with Gasteiger partial charge in [-0.15, -0.1) is 0 Å². The maximum absolute atomic E-state index is 11.6. The highest BCUT2D eigenvalue weighted by Crippen LogP contribution is 2.17.